The van der Waals surface area contributed by atoms with Crippen molar-refractivity contribution in [1.29, 1.82) is 0 Å². The monoisotopic (exact) mass is 176 g/mol. The highest BCUT2D eigenvalue weighted by molar-refractivity contribution is 5.94. The van der Waals surface area contributed by atoms with Crippen molar-refractivity contribution >= 4 is 5.78 Å². The Kier molecular flexibility index (Phi) is 3.24. The molecule has 0 bridgehead atoms. The van der Waals surface area contributed by atoms with Gasteiger partial charge >= 0.3 is 0 Å². The minimum atomic E-state index is 0.135. The number of benzene rings is 1. The molecule has 0 saturated carbocycles. The van der Waals surface area contributed by atoms with Crippen LogP contribution in [-0.4, -0.2) is 5.78 Å². The molecular weight excluding hydrogens is 160 g/mol. The first-order valence-electron chi connectivity index (χ1n) is 4.76. The second-order valence-electron chi connectivity index (χ2n) is 3.49. The van der Waals surface area contributed by atoms with Gasteiger partial charge in [0.05, 0.1) is 0 Å². The summed E-state index contributed by atoms with van der Waals surface area (Å²) in [6, 6.07) is 7.91. The molecule has 0 aliphatic heterocycles. The molecule has 0 N–H and O–H groups in total. The van der Waals surface area contributed by atoms with Crippen molar-refractivity contribution in [2.75, 3.05) is 0 Å². The summed E-state index contributed by atoms with van der Waals surface area (Å²) in [5.74, 6) is 0.719. The molecule has 1 rings (SSSR count). The fourth-order valence-corrected chi connectivity index (χ4v) is 1.28. The standard InChI is InChI=1S/C12H16O/c1-4-9(2)11-5-7-12(8-6-11)10(3)13/h5-9H,4H2,1-3H3/t9-/m1/s1. The highest BCUT2D eigenvalue weighted by Crippen LogP contribution is 2.18. The van der Waals surface area contributed by atoms with Gasteiger partial charge in [-0.05, 0) is 24.8 Å². The number of carbonyl (C=O) groups excluding carboxylic acids is 1. The Labute approximate surface area is 79.8 Å². The lowest BCUT2D eigenvalue weighted by molar-refractivity contribution is 0.101. The molecule has 0 spiro atoms. The van der Waals surface area contributed by atoms with Crippen molar-refractivity contribution < 1.29 is 4.79 Å². The van der Waals surface area contributed by atoms with Crippen molar-refractivity contribution in [1.82, 2.24) is 0 Å². The summed E-state index contributed by atoms with van der Waals surface area (Å²) < 4.78 is 0. The molecule has 0 radical (unpaired) electrons. The first-order valence-corrected chi connectivity index (χ1v) is 4.76. The van der Waals surface area contributed by atoms with Gasteiger partial charge in [-0.2, -0.15) is 0 Å². The van der Waals surface area contributed by atoms with Crippen molar-refractivity contribution in [3.63, 3.8) is 0 Å². The molecule has 0 amide bonds. The Morgan fingerprint density at radius 2 is 1.85 bits per heavy atom. The molecule has 1 aromatic rings. The van der Waals surface area contributed by atoms with Crippen LogP contribution in [0.4, 0.5) is 0 Å². The molecule has 0 aliphatic rings. The average molecular weight is 176 g/mol. The van der Waals surface area contributed by atoms with Crippen LogP contribution in [0.1, 0.15) is 49.0 Å². The second-order valence-corrected chi connectivity index (χ2v) is 3.49. The number of rotatable bonds is 3. The SMILES string of the molecule is CC[C@@H](C)c1ccc(C(C)=O)cc1. The van der Waals surface area contributed by atoms with E-state index >= 15 is 0 Å². The summed E-state index contributed by atoms with van der Waals surface area (Å²) in [6.07, 6.45) is 1.14. The predicted octanol–water partition coefficient (Wildman–Crippen LogP) is 3.40. The second kappa shape index (κ2) is 4.22. The molecule has 0 saturated heterocycles. The van der Waals surface area contributed by atoms with Crippen LogP contribution in [0.5, 0.6) is 0 Å². The zero-order valence-corrected chi connectivity index (χ0v) is 8.50. The van der Waals surface area contributed by atoms with E-state index in [1.165, 1.54) is 5.56 Å². The zero-order chi connectivity index (χ0) is 9.84. The highest BCUT2D eigenvalue weighted by Gasteiger charge is 2.03. The van der Waals surface area contributed by atoms with Crippen molar-refractivity contribution in [3.05, 3.63) is 35.4 Å². The molecule has 13 heavy (non-hydrogen) atoms. The molecule has 1 aromatic carbocycles. The Balaban J connectivity index is 2.87. The van der Waals surface area contributed by atoms with Gasteiger partial charge in [-0.15, -0.1) is 0 Å². The van der Waals surface area contributed by atoms with Crippen molar-refractivity contribution in [2.45, 2.75) is 33.1 Å². The maximum Gasteiger partial charge on any atom is 0.159 e. The zero-order valence-electron chi connectivity index (χ0n) is 8.50. The van der Waals surface area contributed by atoms with Crippen LogP contribution in [0.25, 0.3) is 0 Å². The summed E-state index contributed by atoms with van der Waals surface area (Å²) in [4.78, 5) is 11.0. The summed E-state index contributed by atoms with van der Waals surface area (Å²) in [5.41, 5.74) is 2.11. The topological polar surface area (TPSA) is 17.1 Å². The van der Waals surface area contributed by atoms with E-state index in [0.29, 0.717) is 5.92 Å². The lowest BCUT2D eigenvalue weighted by Crippen LogP contribution is -1.94. The third-order valence-electron chi connectivity index (χ3n) is 2.50. The smallest absolute Gasteiger partial charge is 0.159 e. The molecule has 0 aliphatic carbocycles. The van der Waals surface area contributed by atoms with Crippen LogP contribution in [-0.2, 0) is 0 Å². The fourth-order valence-electron chi connectivity index (χ4n) is 1.28. The predicted molar refractivity (Wildman–Crippen MR) is 55.2 cm³/mol. The summed E-state index contributed by atoms with van der Waals surface area (Å²) in [6.45, 7) is 5.96. The van der Waals surface area contributed by atoms with Gasteiger partial charge in [0.1, 0.15) is 0 Å². The maximum atomic E-state index is 11.0. The normalized spacial score (nSPS) is 12.5. The number of ketones is 1. The van der Waals surface area contributed by atoms with Gasteiger partial charge in [-0.3, -0.25) is 4.79 Å². The van der Waals surface area contributed by atoms with Crippen molar-refractivity contribution in [2.24, 2.45) is 0 Å². The van der Waals surface area contributed by atoms with E-state index in [1.807, 2.05) is 24.3 Å². The minimum absolute atomic E-state index is 0.135. The fraction of sp³-hybridized carbons (Fsp3) is 0.417. The summed E-state index contributed by atoms with van der Waals surface area (Å²) in [7, 11) is 0. The van der Waals surface area contributed by atoms with Crippen LogP contribution in [0.2, 0.25) is 0 Å². The van der Waals surface area contributed by atoms with E-state index < -0.39 is 0 Å². The molecule has 0 heterocycles. The van der Waals surface area contributed by atoms with E-state index in [2.05, 4.69) is 13.8 Å². The van der Waals surface area contributed by atoms with Gasteiger partial charge in [0.25, 0.3) is 0 Å². The molecular formula is C12H16O. The maximum absolute atomic E-state index is 11.0. The summed E-state index contributed by atoms with van der Waals surface area (Å²) in [5, 5.41) is 0. The Bertz CT molecular complexity index is 284. The molecule has 70 valence electrons. The molecule has 0 aromatic heterocycles. The lowest BCUT2D eigenvalue weighted by atomic mass is 9.97. The van der Waals surface area contributed by atoms with Gasteiger partial charge in [-0.1, -0.05) is 38.1 Å². The molecule has 1 heteroatoms. The van der Waals surface area contributed by atoms with Gasteiger partial charge < -0.3 is 0 Å². The number of hydrogen-bond donors (Lipinski definition) is 0. The third-order valence-corrected chi connectivity index (χ3v) is 2.50. The van der Waals surface area contributed by atoms with E-state index in [9.17, 15) is 4.79 Å². The molecule has 0 unspecified atom stereocenters. The van der Waals surface area contributed by atoms with E-state index in [-0.39, 0.29) is 5.78 Å². The van der Waals surface area contributed by atoms with E-state index in [1.54, 1.807) is 6.92 Å². The van der Waals surface area contributed by atoms with Crippen LogP contribution in [0.3, 0.4) is 0 Å². The largest absolute Gasteiger partial charge is 0.295 e. The van der Waals surface area contributed by atoms with Gasteiger partial charge in [0.2, 0.25) is 0 Å². The summed E-state index contributed by atoms with van der Waals surface area (Å²) >= 11 is 0. The van der Waals surface area contributed by atoms with Crippen LogP contribution in [0, 0.1) is 0 Å². The first kappa shape index (κ1) is 9.97. The number of carbonyl (C=O) groups is 1. The van der Waals surface area contributed by atoms with E-state index in [0.717, 1.165) is 12.0 Å². The Morgan fingerprint density at radius 3 is 2.23 bits per heavy atom. The molecule has 1 atom stereocenters. The minimum Gasteiger partial charge on any atom is -0.295 e. The average Bonchev–Trinajstić information content (AvgIpc) is 2.17. The molecule has 0 fully saturated rings. The van der Waals surface area contributed by atoms with Crippen LogP contribution >= 0.6 is 0 Å². The number of Topliss-reactive ketones (excluding diaryl/α,β-unsaturated/α-hetero) is 1. The van der Waals surface area contributed by atoms with Crippen LogP contribution in [0.15, 0.2) is 24.3 Å². The van der Waals surface area contributed by atoms with Gasteiger partial charge in [0.15, 0.2) is 5.78 Å². The van der Waals surface area contributed by atoms with Crippen molar-refractivity contribution in [3.8, 4) is 0 Å². The Hall–Kier alpha value is -1.11. The lowest BCUT2D eigenvalue weighted by Gasteiger charge is -2.08. The number of hydrogen-bond acceptors (Lipinski definition) is 1. The first-order chi connectivity index (χ1) is 6.15. The van der Waals surface area contributed by atoms with Crippen LogP contribution < -0.4 is 0 Å². The molecule has 1 nitrogen and oxygen atoms in total. The quantitative estimate of drug-likeness (QED) is 0.645. The Morgan fingerprint density at radius 1 is 1.31 bits per heavy atom. The highest BCUT2D eigenvalue weighted by atomic mass is 16.1. The third kappa shape index (κ3) is 2.41. The van der Waals surface area contributed by atoms with Gasteiger partial charge in [-0.25, -0.2) is 0 Å². The van der Waals surface area contributed by atoms with Gasteiger partial charge in [0, 0.05) is 5.56 Å². The van der Waals surface area contributed by atoms with E-state index in [4.69, 9.17) is 0 Å².